The van der Waals surface area contributed by atoms with Crippen molar-refractivity contribution in [2.24, 2.45) is 0 Å². The van der Waals surface area contributed by atoms with Gasteiger partial charge in [0, 0.05) is 35.8 Å². The third-order valence-electron chi connectivity index (χ3n) is 3.50. The summed E-state index contributed by atoms with van der Waals surface area (Å²) in [7, 11) is 0. The minimum absolute atomic E-state index is 0.224. The van der Waals surface area contributed by atoms with Crippen LogP contribution in [0.3, 0.4) is 0 Å². The smallest absolute Gasteiger partial charge is 0.251 e. The summed E-state index contributed by atoms with van der Waals surface area (Å²) in [5, 5.41) is 5.95. The SMILES string of the molecule is O=C(/C=C/c1nc2ccccc2o1)NCCNC(=O)c1ccc(Cl)cc1. The molecule has 2 aromatic carbocycles. The first-order valence-corrected chi connectivity index (χ1v) is 8.35. The van der Waals surface area contributed by atoms with Gasteiger partial charge in [0.05, 0.1) is 0 Å². The van der Waals surface area contributed by atoms with Gasteiger partial charge in [0.1, 0.15) is 5.52 Å². The fourth-order valence-electron chi connectivity index (χ4n) is 2.23. The fourth-order valence-corrected chi connectivity index (χ4v) is 2.36. The van der Waals surface area contributed by atoms with Crippen LogP contribution in [0.2, 0.25) is 5.02 Å². The second kappa shape index (κ2) is 8.31. The van der Waals surface area contributed by atoms with Gasteiger partial charge < -0.3 is 15.1 Å². The molecule has 26 heavy (non-hydrogen) atoms. The van der Waals surface area contributed by atoms with E-state index < -0.39 is 0 Å². The number of nitrogens with zero attached hydrogens (tertiary/aromatic N) is 1. The van der Waals surface area contributed by atoms with Crippen molar-refractivity contribution >= 4 is 40.6 Å². The Bertz CT molecular complexity index is 915. The predicted molar refractivity (Wildman–Crippen MR) is 99.8 cm³/mol. The number of benzene rings is 2. The van der Waals surface area contributed by atoms with Gasteiger partial charge in [-0.15, -0.1) is 0 Å². The van der Waals surface area contributed by atoms with Gasteiger partial charge >= 0.3 is 0 Å². The molecular weight excluding hydrogens is 354 g/mol. The van der Waals surface area contributed by atoms with Gasteiger partial charge in [-0.3, -0.25) is 9.59 Å². The van der Waals surface area contributed by atoms with E-state index in [-0.39, 0.29) is 11.8 Å². The maximum atomic E-state index is 11.9. The van der Waals surface area contributed by atoms with Gasteiger partial charge in [0.25, 0.3) is 5.91 Å². The van der Waals surface area contributed by atoms with Crippen molar-refractivity contribution in [2.75, 3.05) is 13.1 Å². The van der Waals surface area contributed by atoms with E-state index in [0.29, 0.717) is 35.1 Å². The molecule has 0 saturated carbocycles. The first-order valence-electron chi connectivity index (χ1n) is 7.97. The molecule has 0 spiro atoms. The van der Waals surface area contributed by atoms with Crippen molar-refractivity contribution in [1.82, 2.24) is 15.6 Å². The van der Waals surface area contributed by atoms with E-state index in [9.17, 15) is 9.59 Å². The monoisotopic (exact) mass is 369 g/mol. The van der Waals surface area contributed by atoms with Gasteiger partial charge in [0.2, 0.25) is 11.8 Å². The normalized spacial score (nSPS) is 11.0. The van der Waals surface area contributed by atoms with Crippen molar-refractivity contribution in [3.05, 3.63) is 71.1 Å². The zero-order valence-electron chi connectivity index (χ0n) is 13.7. The predicted octanol–water partition coefficient (Wildman–Crippen LogP) is 3.04. The van der Waals surface area contributed by atoms with Crippen LogP contribution in [0.25, 0.3) is 17.2 Å². The average Bonchev–Trinajstić information content (AvgIpc) is 3.07. The summed E-state index contributed by atoms with van der Waals surface area (Å²) in [4.78, 5) is 27.9. The van der Waals surface area contributed by atoms with Gasteiger partial charge in [-0.05, 0) is 36.4 Å². The average molecular weight is 370 g/mol. The molecule has 6 nitrogen and oxygen atoms in total. The number of carbonyl (C=O) groups excluding carboxylic acids is 2. The number of fused-ring (bicyclic) bond motifs is 1. The molecule has 2 N–H and O–H groups in total. The first-order chi connectivity index (χ1) is 12.6. The number of nitrogens with one attached hydrogen (secondary N) is 2. The molecule has 0 unspecified atom stereocenters. The van der Waals surface area contributed by atoms with Crippen molar-refractivity contribution in [2.45, 2.75) is 0 Å². The molecule has 0 aliphatic heterocycles. The highest BCUT2D eigenvalue weighted by atomic mass is 35.5. The minimum atomic E-state index is -0.298. The second-order valence-corrected chi connectivity index (χ2v) is 5.84. The van der Waals surface area contributed by atoms with Crippen molar-refractivity contribution in [3.8, 4) is 0 Å². The zero-order valence-corrected chi connectivity index (χ0v) is 14.5. The molecule has 7 heteroatoms. The van der Waals surface area contributed by atoms with Crippen LogP contribution in [-0.4, -0.2) is 29.9 Å². The summed E-state index contributed by atoms with van der Waals surface area (Å²) in [6.45, 7) is 0.611. The number of hydrogen-bond acceptors (Lipinski definition) is 4. The van der Waals surface area contributed by atoms with E-state index in [0.717, 1.165) is 5.52 Å². The van der Waals surface area contributed by atoms with Crippen LogP contribution in [0, 0.1) is 0 Å². The first kappa shape index (κ1) is 17.7. The Kier molecular flexibility index (Phi) is 5.66. The van der Waals surface area contributed by atoms with E-state index in [4.69, 9.17) is 16.0 Å². The Hall–Kier alpha value is -3.12. The van der Waals surface area contributed by atoms with Crippen LogP contribution in [-0.2, 0) is 4.79 Å². The van der Waals surface area contributed by atoms with Crippen molar-refractivity contribution in [3.63, 3.8) is 0 Å². The van der Waals surface area contributed by atoms with E-state index in [1.54, 1.807) is 24.3 Å². The summed E-state index contributed by atoms with van der Waals surface area (Å²) >= 11 is 5.78. The van der Waals surface area contributed by atoms with Gasteiger partial charge in [-0.25, -0.2) is 4.98 Å². The molecule has 3 aromatic rings. The molecule has 0 radical (unpaired) electrons. The summed E-state index contributed by atoms with van der Waals surface area (Å²) in [6, 6.07) is 13.9. The zero-order chi connectivity index (χ0) is 18.4. The van der Waals surface area contributed by atoms with Crippen LogP contribution in [0.4, 0.5) is 0 Å². The summed E-state index contributed by atoms with van der Waals surface area (Å²) in [5.41, 5.74) is 1.91. The van der Waals surface area contributed by atoms with E-state index >= 15 is 0 Å². The Balaban J connectivity index is 1.42. The summed E-state index contributed by atoms with van der Waals surface area (Å²) in [6.07, 6.45) is 2.84. The lowest BCUT2D eigenvalue weighted by molar-refractivity contribution is -0.116. The Labute approximate surface area is 154 Å². The Morgan fingerprint density at radius 1 is 1.04 bits per heavy atom. The van der Waals surface area contributed by atoms with Crippen LogP contribution in [0.1, 0.15) is 16.2 Å². The lowest BCUT2D eigenvalue weighted by Gasteiger charge is -2.05. The maximum Gasteiger partial charge on any atom is 0.251 e. The number of halogens is 1. The van der Waals surface area contributed by atoms with Crippen LogP contribution < -0.4 is 10.6 Å². The molecule has 3 rings (SSSR count). The van der Waals surface area contributed by atoms with Gasteiger partial charge in [0.15, 0.2) is 5.58 Å². The third-order valence-corrected chi connectivity index (χ3v) is 3.76. The number of hydrogen-bond donors (Lipinski definition) is 2. The molecule has 0 saturated heterocycles. The number of rotatable bonds is 6. The second-order valence-electron chi connectivity index (χ2n) is 5.41. The van der Waals surface area contributed by atoms with Gasteiger partial charge in [-0.1, -0.05) is 23.7 Å². The van der Waals surface area contributed by atoms with Crippen LogP contribution in [0.5, 0.6) is 0 Å². The Morgan fingerprint density at radius 2 is 1.77 bits per heavy atom. The standard InChI is InChI=1S/C19H16ClN3O3/c20-14-7-5-13(6-8-14)19(25)22-12-11-21-17(24)9-10-18-23-15-3-1-2-4-16(15)26-18/h1-10H,11-12H2,(H,21,24)(H,22,25)/b10-9+. The summed E-state index contributed by atoms with van der Waals surface area (Å²) < 4.78 is 5.49. The molecule has 2 amide bonds. The Morgan fingerprint density at radius 3 is 2.54 bits per heavy atom. The lowest BCUT2D eigenvalue weighted by atomic mass is 10.2. The third kappa shape index (κ3) is 4.70. The molecule has 132 valence electrons. The number of amides is 2. The molecule has 0 atom stereocenters. The number of carbonyl (C=O) groups is 2. The van der Waals surface area contributed by atoms with E-state index in [1.165, 1.54) is 12.2 Å². The highest BCUT2D eigenvalue weighted by Crippen LogP contribution is 2.15. The summed E-state index contributed by atoms with van der Waals surface area (Å²) in [5.74, 6) is -0.164. The highest BCUT2D eigenvalue weighted by molar-refractivity contribution is 6.30. The maximum absolute atomic E-state index is 11.9. The molecule has 0 bridgehead atoms. The molecule has 1 aromatic heterocycles. The topological polar surface area (TPSA) is 84.2 Å². The lowest BCUT2D eigenvalue weighted by Crippen LogP contribution is -2.33. The minimum Gasteiger partial charge on any atom is -0.437 e. The number of oxazole rings is 1. The van der Waals surface area contributed by atoms with Crippen LogP contribution >= 0.6 is 11.6 Å². The van der Waals surface area contributed by atoms with Crippen molar-refractivity contribution in [1.29, 1.82) is 0 Å². The fraction of sp³-hybridized carbons (Fsp3) is 0.105. The van der Waals surface area contributed by atoms with Crippen molar-refractivity contribution < 1.29 is 14.0 Å². The molecule has 0 aliphatic rings. The van der Waals surface area contributed by atoms with Gasteiger partial charge in [-0.2, -0.15) is 0 Å². The number of aromatic nitrogens is 1. The van der Waals surface area contributed by atoms with E-state index in [1.807, 2.05) is 24.3 Å². The highest BCUT2D eigenvalue weighted by Gasteiger charge is 2.05. The molecule has 0 fully saturated rings. The number of para-hydroxylation sites is 2. The molecule has 1 heterocycles. The molecular formula is C19H16ClN3O3. The van der Waals surface area contributed by atoms with Crippen LogP contribution in [0.15, 0.2) is 59.0 Å². The van der Waals surface area contributed by atoms with E-state index in [2.05, 4.69) is 15.6 Å². The largest absolute Gasteiger partial charge is 0.437 e. The quantitative estimate of drug-likeness (QED) is 0.516. The molecule has 0 aliphatic carbocycles.